The molecule has 0 saturated heterocycles. The third kappa shape index (κ3) is 6.48. The maximum atomic E-state index is 11.8. The summed E-state index contributed by atoms with van der Waals surface area (Å²) in [6, 6.07) is 6.25. The summed E-state index contributed by atoms with van der Waals surface area (Å²) < 4.78 is 0. The molecule has 1 fully saturated rings. The fourth-order valence-electron chi connectivity index (χ4n) is 2.59. The van der Waals surface area contributed by atoms with Crippen LogP contribution in [0.4, 0.5) is 11.4 Å². The number of nitro groups is 1. The van der Waals surface area contributed by atoms with Crippen molar-refractivity contribution in [1.82, 2.24) is 5.32 Å². The number of nitro benzene ring substituents is 1. The van der Waals surface area contributed by atoms with Crippen LogP contribution in [0, 0.1) is 10.1 Å². The van der Waals surface area contributed by atoms with E-state index in [0.29, 0.717) is 24.1 Å². The van der Waals surface area contributed by atoms with Gasteiger partial charge in [0, 0.05) is 36.2 Å². The van der Waals surface area contributed by atoms with E-state index in [1.165, 1.54) is 44.2 Å². The highest BCUT2D eigenvalue weighted by atomic mass is 32.2. The molecular formula is C16H23N3O3S. The van der Waals surface area contributed by atoms with E-state index in [-0.39, 0.29) is 11.6 Å². The third-order valence-corrected chi connectivity index (χ3v) is 5.23. The number of rotatable bonds is 8. The highest BCUT2D eigenvalue weighted by molar-refractivity contribution is 8.00. The van der Waals surface area contributed by atoms with Gasteiger partial charge >= 0.3 is 0 Å². The van der Waals surface area contributed by atoms with Crippen molar-refractivity contribution < 1.29 is 9.72 Å². The van der Waals surface area contributed by atoms with Gasteiger partial charge in [0.1, 0.15) is 0 Å². The monoisotopic (exact) mass is 337 g/mol. The molecular weight excluding hydrogens is 314 g/mol. The molecule has 0 aliphatic heterocycles. The van der Waals surface area contributed by atoms with Crippen molar-refractivity contribution in [3.8, 4) is 0 Å². The largest absolute Gasteiger partial charge is 0.383 e. The van der Waals surface area contributed by atoms with Gasteiger partial charge in [0.25, 0.3) is 5.69 Å². The van der Waals surface area contributed by atoms with Crippen molar-refractivity contribution in [1.29, 1.82) is 0 Å². The first-order valence-corrected chi connectivity index (χ1v) is 9.06. The number of nitrogens with zero attached hydrogens (tertiary/aromatic N) is 1. The Hall–Kier alpha value is -1.76. The zero-order valence-electron chi connectivity index (χ0n) is 13.1. The van der Waals surface area contributed by atoms with Gasteiger partial charge in [-0.05, 0) is 25.0 Å². The van der Waals surface area contributed by atoms with Crippen LogP contribution < -0.4 is 10.6 Å². The predicted octanol–water partition coefficient (Wildman–Crippen LogP) is 3.19. The Morgan fingerprint density at radius 2 is 1.87 bits per heavy atom. The molecule has 0 spiro atoms. The average Bonchev–Trinajstić information content (AvgIpc) is 2.58. The number of hydrogen-bond acceptors (Lipinski definition) is 5. The Morgan fingerprint density at radius 3 is 2.52 bits per heavy atom. The van der Waals surface area contributed by atoms with Gasteiger partial charge in [-0.2, -0.15) is 0 Å². The Morgan fingerprint density at radius 1 is 1.17 bits per heavy atom. The lowest BCUT2D eigenvalue weighted by molar-refractivity contribution is -0.384. The van der Waals surface area contributed by atoms with Crippen LogP contribution >= 0.6 is 11.8 Å². The predicted molar refractivity (Wildman–Crippen MR) is 93.9 cm³/mol. The maximum absolute atomic E-state index is 11.8. The molecule has 0 unspecified atom stereocenters. The van der Waals surface area contributed by atoms with Crippen molar-refractivity contribution in [2.24, 2.45) is 0 Å². The Labute approximate surface area is 140 Å². The first-order chi connectivity index (χ1) is 11.1. The Bertz CT molecular complexity index is 516. The van der Waals surface area contributed by atoms with Crippen LogP contribution in [0.3, 0.4) is 0 Å². The van der Waals surface area contributed by atoms with Crippen molar-refractivity contribution in [2.45, 2.75) is 37.4 Å². The van der Waals surface area contributed by atoms with Crippen LogP contribution in [0.25, 0.3) is 0 Å². The average molecular weight is 337 g/mol. The van der Waals surface area contributed by atoms with Gasteiger partial charge in [0.15, 0.2) is 0 Å². The molecule has 0 radical (unpaired) electrons. The van der Waals surface area contributed by atoms with Crippen molar-refractivity contribution >= 4 is 29.0 Å². The van der Waals surface area contributed by atoms with Crippen LogP contribution in [-0.4, -0.2) is 34.9 Å². The number of carbonyl (C=O) groups is 1. The van der Waals surface area contributed by atoms with Crippen molar-refractivity contribution in [2.75, 3.05) is 24.2 Å². The molecule has 1 aliphatic carbocycles. The summed E-state index contributed by atoms with van der Waals surface area (Å²) in [7, 11) is 0. The first kappa shape index (κ1) is 17.6. The molecule has 126 valence electrons. The van der Waals surface area contributed by atoms with E-state index in [4.69, 9.17) is 0 Å². The fourth-order valence-corrected chi connectivity index (χ4v) is 3.74. The summed E-state index contributed by atoms with van der Waals surface area (Å²) in [5, 5.41) is 17.2. The zero-order valence-corrected chi connectivity index (χ0v) is 13.9. The SMILES string of the molecule is O=C(CSC1CCCCC1)NCCNc1ccc([N+](=O)[O-])cc1. The lowest BCUT2D eigenvalue weighted by atomic mass is 10.0. The molecule has 0 heterocycles. The quantitative estimate of drug-likeness (QED) is 0.432. The van der Waals surface area contributed by atoms with Gasteiger partial charge in [-0.3, -0.25) is 14.9 Å². The molecule has 23 heavy (non-hydrogen) atoms. The minimum Gasteiger partial charge on any atom is -0.383 e. The van der Waals surface area contributed by atoms with Crippen molar-refractivity contribution in [3.63, 3.8) is 0 Å². The molecule has 1 aliphatic rings. The van der Waals surface area contributed by atoms with Gasteiger partial charge in [-0.1, -0.05) is 19.3 Å². The second-order valence-corrected chi connectivity index (χ2v) is 6.94. The van der Waals surface area contributed by atoms with E-state index in [2.05, 4.69) is 10.6 Å². The number of carbonyl (C=O) groups excluding carboxylic acids is 1. The lowest BCUT2D eigenvalue weighted by Gasteiger charge is -2.20. The van der Waals surface area contributed by atoms with Gasteiger partial charge < -0.3 is 10.6 Å². The molecule has 2 rings (SSSR count). The van der Waals surface area contributed by atoms with E-state index >= 15 is 0 Å². The molecule has 0 atom stereocenters. The Balaban J connectivity index is 1.57. The highest BCUT2D eigenvalue weighted by Crippen LogP contribution is 2.27. The van der Waals surface area contributed by atoms with Gasteiger partial charge in [0.2, 0.25) is 5.91 Å². The number of non-ortho nitro benzene ring substituents is 1. The minimum absolute atomic E-state index is 0.0728. The molecule has 1 amide bonds. The van der Waals surface area contributed by atoms with Crippen LogP contribution in [0.2, 0.25) is 0 Å². The first-order valence-electron chi connectivity index (χ1n) is 8.02. The minimum atomic E-state index is -0.423. The smallest absolute Gasteiger partial charge is 0.269 e. The number of amides is 1. The van der Waals surface area contributed by atoms with Gasteiger partial charge in [-0.15, -0.1) is 11.8 Å². The van der Waals surface area contributed by atoms with E-state index < -0.39 is 4.92 Å². The normalized spacial score (nSPS) is 15.1. The van der Waals surface area contributed by atoms with Gasteiger partial charge in [-0.25, -0.2) is 0 Å². The molecule has 1 aromatic rings. The second kappa shape index (κ2) is 9.39. The van der Waals surface area contributed by atoms with E-state index in [1.54, 1.807) is 23.9 Å². The Kier molecular flexibility index (Phi) is 7.19. The summed E-state index contributed by atoms with van der Waals surface area (Å²) >= 11 is 1.77. The molecule has 6 nitrogen and oxygen atoms in total. The lowest BCUT2D eigenvalue weighted by Crippen LogP contribution is -2.30. The second-order valence-electron chi connectivity index (χ2n) is 5.65. The third-order valence-electron chi connectivity index (χ3n) is 3.86. The molecule has 1 saturated carbocycles. The molecule has 0 bridgehead atoms. The number of anilines is 1. The van der Waals surface area contributed by atoms with Crippen LogP contribution in [-0.2, 0) is 4.79 Å². The highest BCUT2D eigenvalue weighted by Gasteiger charge is 2.14. The number of nitrogens with one attached hydrogen (secondary N) is 2. The van der Waals surface area contributed by atoms with Crippen molar-refractivity contribution in [3.05, 3.63) is 34.4 Å². The summed E-state index contributed by atoms with van der Waals surface area (Å²) in [6.07, 6.45) is 6.38. The molecule has 2 N–H and O–H groups in total. The number of benzene rings is 1. The summed E-state index contributed by atoms with van der Waals surface area (Å²) in [4.78, 5) is 21.9. The van der Waals surface area contributed by atoms with E-state index in [1.807, 2.05) is 0 Å². The van der Waals surface area contributed by atoms with Gasteiger partial charge in [0.05, 0.1) is 10.7 Å². The zero-order chi connectivity index (χ0) is 16.5. The molecule has 7 heteroatoms. The summed E-state index contributed by atoms with van der Waals surface area (Å²) in [6.45, 7) is 1.14. The van der Waals surface area contributed by atoms with E-state index in [0.717, 1.165) is 5.69 Å². The van der Waals surface area contributed by atoms with Crippen LogP contribution in [0.15, 0.2) is 24.3 Å². The number of hydrogen-bond donors (Lipinski definition) is 2. The van der Waals surface area contributed by atoms with Crippen LogP contribution in [0.5, 0.6) is 0 Å². The molecule has 0 aromatic heterocycles. The summed E-state index contributed by atoms with van der Waals surface area (Å²) in [5.74, 6) is 0.605. The fraction of sp³-hybridized carbons (Fsp3) is 0.562. The van der Waals surface area contributed by atoms with E-state index in [9.17, 15) is 14.9 Å². The molecule has 1 aromatic carbocycles. The van der Waals surface area contributed by atoms with Crippen LogP contribution in [0.1, 0.15) is 32.1 Å². The maximum Gasteiger partial charge on any atom is 0.269 e. The topological polar surface area (TPSA) is 84.3 Å². The summed E-state index contributed by atoms with van der Waals surface area (Å²) in [5.41, 5.74) is 0.880. The standard InChI is InChI=1S/C16H23N3O3S/c20-16(12-23-15-4-2-1-3-5-15)18-11-10-17-13-6-8-14(9-7-13)19(21)22/h6-9,15,17H,1-5,10-12H2,(H,18,20). The number of thioether (sulfide) groups is 1.